The lowest BCUT2D eigenvalue weighted by atomic mass is 9.78. The molecule has 0 saturated carbocycles. The number of aromatic hydroxyl groups is 1. The lowest BCUT2D eigenvalue weighted by Crippen LogP contribution is -2.18. The number of rotatable bonds is 3. The molecule has 2 rings (SSSR count). The number of phenols is 1. The van der Waals surface area contributed by atoms with Crippen LogP contribution in [0.3, 0.4) is 0 Å². The molecule has 130 valence electrons. The van der Waals surface area contributed by atoms with Gasteiger partial charge in [0, 0.05) is 0 Å². The van der Waals surface area contributed by atoms with Gasteiger partial charge in [-0.05, 0) is 58.7 Å². The average molecular weight is 326 g/mol. The van der Waals surface area contributed by atoms with Crippen LogP contribution in [0.4, 0.5) is 0 Å². The summed E-state index contributed by atoms with van der Waals surface area (Å²) in [6.45, 7) is 15.3. The number of benzene rings is 2. The van der Waals surface area contributed by atoms with E-state index >= 15 is 0 Å². The summed E-state index contributed by atoms with van der Waals surface area (Å²) in [6.07, 6.45) is 0. The zero-order chi connectivity index (χ0) is 18.1. The Bertz CT molecular complexity index is 663. The number of phenolic OH excluding ortho intramolecular Hbond substituents is 1. The second-order valence-electron chi connectivity index (χ2n) is 8.64. The highest BCUT2D eigenvalue weighted by Crippen LogP contribution is 2.39. The first-order valence-electron chi connectivity index (χ1n) is 8.55. The maximum absolute atomic E-state index is 10.8. The van der Waals surface area contributed by atoms with Crippen LogP contribution in [-0.4, -0.2) is 5.11 Å². The maximum Gasteiger partial charge on any atom is 0.123 e. The molecule has 0 spiro atoms. The minimum Gasteiger partial charge on any atom is -0.507 e. The lowest BCUT2D eigenvalue weighted by Gasteiger charge is -2.28. The molecule has 0 radical (unpaired) electrons. The van der Waals surface area contributed by atoms with E-state index in [2.05, 4.69) is 60.6 Å². The highest BCUT2D eigenvalue weighted by atomic mass is 16.5. The SMILES string of the molecule is Cc1ccc(OCc2cc(C(C)(C)C)c(O)c(C(C)(C)C)c2)cc1. The maximum atomic E-state index is 10.8. The van der Waals surface area contributed by atoms with Crippen molar-refractivity contribution in [1.29, 1.82) is 0 Å². The van der Waals surface area contributed by atoms with E-state index in [9.17, 15) is 5.11 Å². The van der Waals surface area contributed by atoms with Gasteiger partial charge in [0.2, 0.25) is 0 Å². The van der Waals surface area contributed by atoms with Gasteiger partial charge in [-0.15, -0.1) is 0 Å². The van der Waals surface area contributed by atoms with E-state index in [0.717, 1.165) is 22.4 Å². The van der Waals surface area contributed by atoms with E-state index in [-0.39, 0.29) is 10.8 Å². The van der Waals surface area contributed by atoms with Gasteiger partial charge < -0.3 is 9.84 Å². The third-order valence-corrected chi connectivity index (χ3v) is 4.21. The van der Waals surface area contributed by atoms with E-state index in [1.54, 1.807) is 0 Å². The second kappa shape index (κ2) is 6.51. The predicted octanol–water partition coefficient (Wildman–Crippen LogP) is 5.87. The lowest BCUT2D eigenvalue weighted by molar-refractivity contribution is 0.305. The van der Waals surface area contributed by atoms with Crippen molar-refractivity contribution in [2.45, 2.75) is 65.9 Å². The Balaban J connectivity index is 2.37. The van der Waals surface area contributed by atoms with Crippen molar-refractivity contribution in [2.75, 3.05) is 0 Å². The topological polar surface area (TPSA) is 29.5 Å². The van der Waals surface area contributed by atoms with Crippen LogP contribution in [0.5, 0.6) is 11.5 Å². The fourth-order valence-corrected chi connectivity index (χ4v) is 2.72. The van der Waals surface area contributed by atoms with Crippen molar-refractivity contribution >= 4 is 0 Å². The van der Waals surface area contributed by atoms with E-state index in [1.165, 1.54) is 5.56 Å². The van der Waals surface area contributed by atoms with Gasteiger partial charge in [-0.1, -0.05) is 59.2 Å². The van der Waals surface area contributed by atoms with Crippen LogP contribution in [0, 0.1) is 6.92 Å². The van der Waals surface area contributed by atoms with Gasteiger partial charge >= 0.3 is 0 Å². The van der Waals surface area contributed by atoms with Crippen LogP contribution in [0.2, 0.25) is 0 Å². The molecule has 0 aromatic heterocycles. The first kappa shape index (κ1) is 18.4. The van der Waals surface area contributed by atoms with Gasteiger partial charge in [-0.2, -0.15) is 0 Å². The van der Waals surface area contributed by atoms with E-state index in [0.29, 0.717) is 12.4 Å². The molecule has 2 nitrogen and oxygen atoms in total. The van der Waals surface area contributed by atoms with Gasteiger partial charge in [0.1, 0.15) is 18.1 Å². The molecule has 0 aliphatic rings. The van der Waals surface area contributed by atoms with Crippen LogP contribution in [0.1, 0.15) is 63.8 Å². The van der Waals surface area contributed by atoms with Crippen LogP contribution in [0.15, 0.2) is 36.4 Å². The Morgan fingerprint density at radius 1 is 0.833 bits per heavy atom. The third kappa shape index (κ3) is 4.31. The summed E-state index contributed by atoms with van der Waals surface area (Å²) in [5.74, 6) is 1.28. The summed E-state index contributed by atoms with van der Waals surface area (Å²) < 4.78 is 5.94. The Kier molecular flexibility index (Phi) is 4.98. The van der Waals surface area contributed by atoms with Crippen LogP contribution in [-0.2, 0) is 17.4 Å². The number of aryl methyl sites for hydroxylation is 1. The van der Waals surface area contributed by atoms with Crippen LogP contribution >= 0.6 is 0 Å². The van der Waals surface area contributed by atoms with Gasteiger partial charge in [0.15, 0.2) is 0 Å². The molecule has 0 unspecified atom stereocenters. The van der Waals surface area contributed by atoms with Crippen molar-refractivity contribution in [1.82, 2.24) is 0 Å². The van der Waals surface area contributed by atoms with Gasteiger partial charge in [0.05, 0.1) is 0 Å². The molecule has 1 N–H and O–H groups in total. The van der Waals surface area contributed by atoms with Gasteiger partial charge in [-0.3, -0.25) is 0 Å². The van der Waals surface area contributed by atoms with Crippen molar-refractivity contribution in [2.24, 2.45) is 0 Å². The largest absolute Gasteiger partial charge is 0.507 e. The predicted molar refractivity (Wildman–Crippen MR) is 101 cm³/mol. The minimum atomic E-state index is -0.121. The van der Waals surface area contributed by atoms with Gasteiger partial charge in [0.25, 0.3) is 0 Å². The first-order valence-corrected chi connectivity index (χ1v) is 8.55. The smallest absolute Gasteiger partial charge is 0.123 e. The average Bonchev–Trinajstić information content (AvgIpc) is 2.45. The van der Waals surface area contributed by atoms with Gasteiger partial charge in [-0.25, -0.2) is 0 Å². The standard InChI is InChI=1S/C22H30O2/c1-15-8-10-17(11-9-15)24-14-16-12-18(21(2,3)4)20(23)19(13-16)22(5,6)7/h8-13,23H,14H2,1-7H3. The third-order valence-electron chi connectivity index (χ3n) is 4.21. The molecule has 0 heterocycles. The quantitative estimate of drug-likeness (QED) is 0.764. The number of ether oxygens (including phenoxy) is 1. The van der Waals surface area contributed by atoms with Crippen molar-refractivity contribution in [3.8, 4) is 11.5 Å². The summed E-state index contributed by atoms with van der Waals surface area (Å²) in [6, 6.07) is 12.2. The first-order chi connectivity index (χ1) is 11.0. The highest BCUT2D eigenvalue weighted by Gasteiger charge is 2.26. The number of hydrogen-bond donors (Lipinski definition) is 1. The van der Waals surface area contributed by atoms with Crippen molar-refractivity contribution < 1.29 is 9.84 Å². The molecule has 0 aliphatic heterocycles. The molecule has 0 atom stereocenters. The van der Waals surface area contributed by atoms with E-state index in [1.807, 2.05) is 24.3 Å². The summed E-state index contributed by atoms with van der Waals surface area (Å²) in [5, 5.41) is 10.8. The Hall–Kier alpha value is -1.96. The summed E-state index contributed by atoms with van der Waals surface area (Å²) in [5.41, 5.74) is 4.00. The minimum absolute atomic E-state index is 0.121. The second-order valence-corrected chi connectivity index (χ2v) is 8.64. The van der Waals surface area contributed by atoms with E-state index < -0.39 is 0 Å². The highest BCUT2D eigenvalue weighted by molar-refractivity contribution is 5.49. The summed E-state index contributed by atoms with van der Waals surface area (Å²) in [7, 11) is 0. The fourth-order valence-electron chi connectivity index (χ4n) is 2.72. The summed E-state index contributed by atoms with van der Waals surface area (Å²) >= 11 is 0. The Morgan fingerprint density at radius 2 is 1.29 bits per heavy atom. The molecule has 0 bridgehead atoms. The Labute approximate surface area is 146 Å². The number of hydrogen-bond acceptors (Lipinski definition) is 2. The molecular formula is C22H30O2. The van der Waals surface area contributed by atoms with Crippen molar-refractivity contribution in [3.05, 3.63) is 58.7 Å². The van der Waals surface area contributed by atoms with Crippen LogP contribution in [0.25, 0.3) is 0 Å². The molecule has 0 fully saturated rings. The molecule has 0 saturated heterocycles. The monoisotopic (exact) mass is 326 g/mol. The fraction of sp³-hybridized carbons (Fsp3) is 0.455. The van der Waals surface area contributed by atoms with E-state index in [4.69, 9.17) is 4.74 Å². The summed E-state index contributed by atoms with van der Waals surface area (Å²) in [4.78, 5) is 0. The molecule has 24 heavy (non-hydrogen) atoms. The molecule has 0 amide bonds. The normalized spacial score (nSPS) is 12.3. The molecule has 2 heteroatoms. The molecule has 2 aromatic carbocycles. The molecular weight excluding hydrogens is 296 g/mol. The van der Waals surface area contributed by atoms with Crippen LogP contribution < -0.4 is 4.74 Å². The Morgan fingerprint density at radius 3 is 1.71 bits per heavy atom. The van der Waals surface area contributed by atoms with Crippen molar-refractivity contribution in [3.63, 3.8) is 0 Å². The zero-order valence-corrected chi connectivity index (χ0v) is 16.0. The molecule has 0 aliphatic carbocycles. The molecule has 2 aromatic rings. The zero-order valence-electron chi connectivity index (χ0n) is 16.0.